The van der Waals surface area contributed by atoms with Gasteiger partial charge in [0.05, 0.1) is 6.10 Å². The zero-order valence-corrected chi connectivity index (χ0v) is 21.1. The van der Waals surface area contributed by atoms with E-state index in [-0.39, 0.29) is 11.5 Å². The topological polar surface area (TPSA) is 20.2 Å². The van der Waals surface area contributed by atoms with Crippen LogP contribution in [0.25, 0.3) is 0 Å². The summed E-state index contributed by atoms with van der Waals surface area (Å²) in [6.45, 7) is 14.9. The van der Waals surface area contributed by atoms with Crippen molar-refractivity contribution in [3.05, 3.63) is 0 Å². The van der Waals surface area contributed by atoms with E-state index < -0.39 is 0 Å². The molecule has 4 aliphatic rings. The second kappa shape index (κ2) is 8.72. The summed E-state index contributed by atoms with van der Waals surface area (Å²) >= 11 is 0. The molecule has 10 atom stereocenters. The highest BCUT2D eigenvalue weighted by Crippen LogP contribution is 2.68. The lowest BCUT2D eigenvalue weighted by Crippen LogP contribution is -2.58. The molecule has 0 aromatic rings. The van der Waals surface area contributed by atoms with E-state index in [4.69, 9.17) is 0 Å². The van der Waals surface area contributed by atoms with E-state index in [9.17, 15) is 5.11 Å². The van der Waals surface area contributed by atoms with E-state index in [2.05, 4.69) is 41.5 Å². The number of rotatable bonds is 6. The Balaban J connectivity index is 1.50. The van der Waals surface area contributed by atoms with Gasteiger partial charge in [-0.15, -0.1) is 0 Å². The summed E-state index contributed by atoms with van der Waals surface area (Å²) in [6.07, 6.45) is 16.6. The fraction of sp³-hybridized carbons (Fsp3) is 1.00. The SMILES string of the molecule is CC[C@H](CC[C@@H](C)[C@H]1CC[C@H]2[C@@H]3CCC4CCCC[C@]4(C)[C@H]3CC(O)[C@]12C)C(C)C. The van der Waals surface area contributed by atoms with Crippen LogP contribution in [0.2, 0.25) is 0 Å². The summed E-state index contributed by atoms with van der Waals surface area (Å²) in [5.41, 5.74) is 0.705. The van der Waals surface area contributed by atoms with E-state index in [1.54, 1.807) is 0 Å². The van der Waals surface area contributed by atoms with Gasteiger partial charge in [0.2, 0.25) is 0 Å². The van der Waals surface area contributed by atoms with Crippen LogP contribution >= 0.6 is 0 Å². The van der Waals surface area contributed by atoms with Gasteiger partial charge < -0.3 is 5.11 Å². The Hall–Kier alpha value is -0.0400. The minimum Gasteiger partial charge on any atom is -0.393 e. The summed E-state index contributed by atoms with van der Waals surface area (Å²) in [7, 11) is 0. The van der Waals surface area contributed by atoms with Crippen molar-refractivity contribution in [2.75, 3.05) is 0 Å². The smallest absolute Gasteiger partial charge is 0.0602 e. The molecule has 1 nitrogen and oxygen atoms in total. The Kier molecular flexibility index (Phi) is 6.72. The molecular weight excluding hydrogens is 364 g/mol. The van der Waals surface area contributed by atoms with Crippen molar-refractivity contribution < 1.29 is 5.11 Å². The van der Waals surface area contributed by atoms with Crippen molar-refractivity contribution in [2.45, 2.75) is 125 Å². The van der Waals surface area contributed by atoms with Crippen LogP contribution in [0.1, 0.15) is 119 Å². The van der Waals surface area contributed by atoms with Gasteiger partial charge >= 0.3 is 0 Å². The lowest BCUT2D eigenvalue weighted by Gasteiger charge is -2.62. The second-order valence-corrected chi connectivity index (χ2v) is 13.2. The molecule has 174 valence electrons. The Labute approximate surface area is 188 Å². The van der Waals surface area contributed by atoms with Crippen LogP contribution in [0.15, 0.2) is 0 Å². The molecule has 30 heavy (non-hydrogen) atoms. The predicted molar refractivity (Wildman–Crippen MR) is 128 cm³/mol. The van der Waals surface area contributed by atoms with Crippen molar-refractivity contribution in [1.29, 1.82) is 0 Å². The van der Waals surface area contributed by atoms with E-state index >= 15 is 0 Å². The molecule has 0 amide bonds. The summed E-state index contributed by atoms with van der Waals surface area (Å²) in [6, 6.07) is 0. The molecule has 4 fully saturated rings. The molecule has 0 aromatic heterocycles. The number of aliphatic hydroxyl groups is 1. The predicted octanol–water partition coefficient (Wildman–Crippen LogP) is 8.10. The molecule has 4 saturated carbocycles. The van der Waals surface area contributed by atoms with Gasteiger partial charge in [0, 0.05) is 0 Å². The second-order valence-electron chi connectivity index (χ2n) is 13.2. The highest BCUT2D eigenvalue weighted by Gasteiger charge is 2.63. The number of hydrogen-bond acceptors (Lipinski definition) is 1. The van der Waals surface area contributed by atoms with Crippen LogP contribution in [0.4, 0.5) is 0 Å². The third-order valence-electron chi connectivity index (χ3n) is 11.9. The van der Waals surface area contributed by atoms with Gasteiger partial charge in [-0.05, 0) is 110 Å². The average Bonchev–Trinajstić information content (AvgIpc) is 3.07. The van der Waals surface area contributed by atoms with E-state index in [0.717, 1.165) is 53.8 Å². The minimum absolute atomic E-state index is 0.0664. The van der Waals surface area contributed by atoms with Crippen LogP contribution in [0, 0.1) is 58.2 Å². The molecule has 0 saturated heterocycles. The van der Waals surface area contributed by atoms with Gasteiger partial charge in [-0.3, -0.25) is 0 Å². The zero-order chi connectivity index (χ0) is 21.7. The Bertz CT molecular complexity index is 583. The fourth-order valence-corrected chi connectivity index (χ4v) is 9.91. The van der Waals surface area contributed by atoms with Crippen LogP contribution in [-0.4, -0.2) is 11.2 Å². The Morgan fingerprint density at radius 3 is 2.37 bits per heavy atom. The van der Waals surface area contributed by atoms with Gasteiger partial charge in [-0.1, -0.05) is 67.2 Å². The van der Waals surface area contributed by atoms with Crippen LogP contribution in [0.3, 0.4) is 0 Å². The molecule has 0 aromatic carbocycles. The zero-order valence-electron chi connectivity index (χ0n) is 21.1. The van der Waals surface area contributed by atoms with Gasteiger partial charge in [0.1, 0.15) is 0 Å². The van der Waals surface area contributed by atoms with Crippen molar-refractivity contribution in [3.63, 3.8) is 0 Å². The maximum Gasteiger partial charge on any atom is 0.0602 e. The van der Waals surface area contributed by atoms with Gasteiger partial charge in [-0.2, -0.15) is 0 Å². The number of fused-ring (bicyclic) bond motifs is 5. The molecule has 0 heterocycles. The molecule has 0 spiro atoms. The molecule has 0 bridgehead atoms. The van der Waals surface area contributed by atoms with Crippen LogP contribution in [-0.2, 0) is 0 Å². The summed E-state index contributed by atoms with van der Waals surface area (Å²) < 4.78 is 0. The van der Waals surface area contributed by atoms with Crippen molar-refractivity contribution in [1.82, 2.24) is 0 Å². The lowest BCUT2D eigenvalue weighted by atomic mass is 9.44. The van der Waals surface area contributed by atoms with E-state index in [0.29, 0.717) is 5.41 Å². The standard InChI is InChI=1S/C29H52O/c1-7-21(19(2)3)12-11-20(4)24-15-16-25-23-14-13-22-10-8-9-17-28(22,5)26(23)18-27(30)29(24,25)6/h19-27,30H,7-18H2,1-6H3/t20-,21-,22?,23+,24-,25+,26+,27?,28+,29-/m1/s1. The normalized spacial score (nSPS) is 48.0. The third kappa shape index (κ3) is 3.62. The van der Waals surface area contributed by atoms with Crippen molar-refractivity contribution in [2.24, 2.45) is 58.2 Å². The molecule has 2 unspecified atom stereocenters. The highest BCUT2D eigenvalue weighted by atomic mass is 16.3. The summed E-state index contributed by atoms with van der Waals surface area (Å²) in [4.78, 5) is 0. The fourth-order valence-electron chi connectivity index (χ4n) is 9.91. The summed E-state index contributed by atoms with van der Waals surface area (Å²) in [5.74, 6) is 6.60. The maximum absolute atomic E-state index is 11.7. The molecule has 0 aliphatic heterocycles. The Morgan fingerprint density at radius 2 is 1.67 bits per heavy atom. The molecule has 1 N–H and O–H groups in total. The van der Waals surface area contributed by atoms with E-state index in [1.165, 1.54) is 70.6 Å². The largest absolute Gasteiger partial charge is 0.393 e. The minimum atomic E-state index is -0.0664. The van der Waals surface area contributed by atoms with E-state index in [1.807, 2.05) is 0 Å². The van der Waals surface area contributed by atoms with Crippen molar-refractivity contribution >= 4 is 0 Å². The van der Waals surface area contributed by atoms with Crippen LogP contribution < -0.4 is 0 Å². The lowest BCUT2D eigenvalue weighted by molar-refractivity contribution is -0.168. The molecule has 4 aliphatic carbocycles. The van der Waals surface area contributed by atoms with Crippen LogP contribution in [0.5, 0.6) is 0 Å². The third-order valence-corrected chi connectivity index (χ3v) is 11.9. The van der Waals surface area contributed by atoms with Gasteiger partial charge in [-0.25, -0.2) is 0 Å². The first-order valence-corrected chi connectivity index (χ1v) is 13.9. The highest BCUT2D eigenvalue weighted by molar-refractivity contribution is 5.12. The molecule has 1 heteroatoms. The number of aliphatic hydroxyl groups excluding tert-OH is 1. The monoisotopic (exact) mass is 416 g/mol. The first kappa shape index (κ1) is 23.1. The first-order valence-electron chi connectivity index (χ1n) is 13.9. The first-order chi connectivity index (χ1) is 14.2. The summed E-state index contributed by atoms with van der Waals surface area (Å²) in [5, 5.41) is 11.7. The van der Waals surface area contributed by atoms with Gasteiger partial charge in [0.25, 0.3) is 0 Å². The maximum atomic E-state index is 11.7. The Morgan fingerprint density at radius 1 is 0.900 bits per heavy atom. The quantitative estimate of drug-likeness (QED) is 0.463. The average molecular weight is 417 g/mol. The molecule has 0 radical (unpaired) electrons. The number of hydrogen-bond donors (Lipinski definition) is 1. The molecule has 4 rings (SSSR count). The van der Waals surface area contributed by atoms with Crippen molar-refractivity contribution in [3.8, 4) is 0 Å². The van der Waals surface area contributed by atoms with Gasteiger partial charge in [0.15, 0.2) is 0 Å². The molecular formula is C29H52O.